The highest BCUT2D eigenvalue weighted by Gasteiger charge is 2.22. The molecule has 1 N–H and O–H groups in total. The molecule has 0 rings (SSSR count). The van der Waals surface area contributed by atoms with Crippen LogP contribution in [0.2, 0.25) is 0 Å². The Morgan fingerprint density at radius 3 is 1.90 bits per heavy atom. The third-order valence-corrected chi connectivity index (χ3v) is 1.28. The first kappa shape index (κ1) is 9.37. The molecule has 0 aliphatic heterocycles. The first-order valence-corrected chi connectivity index (χ1v) is 3.26. The number of rotatable bonds is 2. The van der Waals surface area contributed by atoms with Crippen LogP contribution < -0.4 is 0 Å². The Hall–Kier alpha value is -0.630. The molecule has 0 aromatic carbocycles. The summed E-state index contributed by atoms with van der Waals surface area (Å²) < 4.78 is 0. The normalized spacial score (nSPS) is 15.7. The van der Waals surface area contributed by atoms with E-state index in [0.29, 0.717) is 0 Å². The second-order valence-electron chi connectivity index (χ2n) is 2.93. The minimum absolute atomic E-state index is 0.228. The molecule has 0 aromatic rings. The predicted octanol–water partition coefficient (Wildman–Crippen LogP) is 1.29. The summed E-state index contributed by atoms with van der Waals surface area (Å²) in [4.78, 5) is 10.7. The Balaban J connectivity index is 4.42. The highest BCUT2D eigenvalue weighted by molar-refractivity contribution is 5.86. The second kappa shape index (κ2) is 2.97. The van der Waals surface area contributed by atoms with Crippen LogP contribution in [0.3, 0.4) is 0 Å². The molecule has 58 valence electrons. The molecule has 0 amide bonds. The molecule has 1 unspecified atom stereocenters. The van der Waals surface area contributed by atoms with Gasteiger partial charge in [0.15, 0.2) is 5.78 Å². The van der Waals surface area contributed by atoms with Gasteiger partial charge in [0.05, 0.1) is 0 Å². The maximum atomic E-state index is 10.7. The molecule has 1 atom stereocenters. The van der Waals surface area contributed by atoms with Crippen LogP contribution in [0, 0.1) is 0 Å². The van der Waals surface area contributed by atoms with Gasteiger partial charge in [-0.05, 0) is 33.8 Å². The average molecular weight is 142 g/mol. The van der Waals surface area contributed by atoms with Crippen molar-refractivity contribution < 1.29 is 9.90 Å². The number of carbonyl (C=O) groups is 1. The van der Waals surface area contributed by atoms with E-state index in [4.69, 9.17) is 0 Å². The zero-order valence-electron chi connectivity index (χ0n) is 6.93. The fourth-order valence-electron chi connectivity index (χ4n) is 0.664. The van der Waals surface area contributed by atoms with Gasteiger partial charge in [-0.2, -0.15) is 0 Å². The molecule has 10 heavy (non-hydrogen) atoms. The summed E-state index contributed by atoms with van der Waals surface area (Å²) >= 11 is 0. The van der Waals surface area contributed by atoms with Crippen LogP contribution in [0.1, 0.15) is 27.7 Å². The van der Waals surface area contributed by atoms with Crippen LogP contribution in [-0.2, 0) is 4.79 Å². The van der Waals surface area contributed by atoms with Gasteiger partial charge in [-0.1, -0.05) is 5.57 Å². The summed E-state index contributed by atoms with van der Waals surface area (Å²) in [6.07, 6.45) is 1.55. The number of allylic oxidation sites excluding steroid dienone is 1. The molecular weight excluding hydrogens is 128 g/mol. The summed E-state index contributed by atoms with van der Waals surface area (Å²) in [5, 5.41) is 9.34. The number of Topliss-reactive ketones (excluding diaryl/α,β-unsaturated/α-hetero) is 1. The molecule has 0 radical (unpaired) electrons. The SMILES string of the molecule is CC(=O)C(C)(O)C=C(C)C. The number of hydrogen-bond acceptors (Lipinski definition) is 2. The molecular formula is C8H14O2. The van der Waals surface area contributed by atoms with Crippen molar-refractivity contribution in [3.05, 3.63) is 11.6 Å². The standard InChI is InChI=1S/C8H14O2/c1-6(2)5-8(4,10)7(3)9/h5,10H,1-4H3. The van der Waals surface area contributed by atoms with E-state index in [0.717, 1.165) is 5.57 Å². The van der Waals surface area contributed by atoms with Crippen LogP contribution in [0.5, 0.6) is 0 Å². The number of aliphatic hydroxyl groups is 1. The summed E-state index contributed by atoms with van der Waals surface area (Å²) in [6, 6.07) is 0. The summed E-state index contributed by atoms with van der Waals surface area (Å²) in [6.45, 7) is 6.55. The Morgan fingerprint density at radius 1 is 1.40 bits per heavy atom. The monoisotopic (exact) mass is 142 g/mol. The Bertz CT molecular complexity index is 162. The highest BCUT2D eigenvalue weighted by Crippen LogP contribution is 2.09. The van der Waals surface area contributed by atoms with Crippen molar-refractivity contribution in [2.75, 3.05) is 0 Å². The van der Waals surface area contributed by atoms with Crippen molar-refractivity contribution in [2.24, 2.45) is 0 Å². The fraction of sp³-hybridized carbons (Fsp3) is 0.625. The van der Waals surface area contributed by atoms with Gasteiger partial charge in [-0.3, -0.25) is 4.79 Å². The van der Waals surface area contributed by atoms with Crippen LogP contribution >= 0.6 is 0 Å². The quantitative estimate of drug-likeness (QED) is 0.590. The molecule has 0 aliphatic carbocycles. The zero-order chi connectivity index (χ0) is 8.36. The van der Waals surface area contributed by atoms with Gasteiger partial charge in [0.25, 0.3) is 0 Å². The summed E-state index contributed by atoms with van der Waals surface area (Å²) in [5.41, 5.74) is -0.334. The topological polar surface area (TPSA) is 37.3 Å². The molecule has 2 nitrogen and oxygen atoms in total. The van der Waals surface area contributed by atoms with E-state index in [1.165, 1.54) is 13.8 Å². The number of ketones is 1. The van der Waals surface area contributed by atoms with Gasteiger partial charge in [-0.15, -0.1) is 0 Å². The Morgan fingerprint density at radius 2 is 1.80 bits per heavy atom. The van der Waals surface area contributed by atoms with Gasteiger partial charge in [0, 0.05) is 0 Å². The molecule has 0 saturated heterocycles. The van der Waals surface area contributed by atoms with Gasteiger partial charge in [0.1, 0.15) is 5.60 Å². The van der Waals surface area contributed by atoms with E-state index in [1.807, 2.05) is 13.8 Å². The molecule has 0 saturated carbocycles. The van der Waals surface area contributed by atoms with E-state index in [2.05, 4.69) is 0 Å². The van der Waals surface area contributed by atoms with Crippen molar-refractivity contribution in [3.8, 4) is 0 Å². The van der Waals surface area contributed by atoms with Crippen LogP contribution in [0.4, 0.5) is 0 Å². The molecule has 0 heterocycles. The third kappa shape index (κ3) is 2.78. The predicted molar refractivity (Wildman–Crippen MR) is 40.7 cm³/mol. The number of carbonyl (C=O) groups excluding carboxylic acids is 1. The Kier molecular flexibility index (Phi) is 2.78. The van der Waals surface area contributed by atoms with E-state index >= 15 is 0 Å². The van der Waals surface area contributed by atoms with Crippen LogP contribution in [0.25, 0.3) is 0 Å². The van der Waals surface area contributed by atoms with Crippen molar-refractivity contribution >= 4 is 5.78 Å². The maximum Gasteiger partial charge on any atom is 0.164 e. The van der Waals surface area contributed by atoms with E-state index in [1.54, 1.807) is 6.08 Å². The molecule has 0 aliphatic rings. The first-order chi connectivity index (χ1) is 4.36. The molecule has 0 fully saturated rings. The average Bonchev–Trinajstić information content (AvgIpc) is 1.60. The van der Waals surface area contributed by atoms with E-state index in [9.17, 15) is 9.90 Å². The fourth-order valence-corrected chi connectivity index (χ4v) is 0.664. The summed E-state index contributed by atoms with van der Waals surface area (Å²) in [5.74, 6) is -0.228. The van der Waals surface area contributed by atoms with Gasteiger partial charge >= 0.3 is 0 Å². The number of hydrogen-bond donors (Lipinski definition) is 1. The van der Waals surface area contributed by atoms with Crippen molar-refractivity contribution in [1.82, 2.24) is 0 Å². The van der Waals surface area contributed by atoms with Gasteiger partial charge < -0.3 is 5.11 Å². The lowest BCUT2D eigenvalue weighted by molar-refractivity contribution is -0.129. The van der Waals surface area contributed by atoms with Gasteiger partial charge in [0.2, 0.25) is 0 Å². The molecule has 2 heteroatoms. The lowest BCUT2D eigenvalue weighted by atomic mass is 10.00. The largest absolute Gasteiger partial charge is 0.378 e. The second-order valence-corrected chi connectivity index (χ2v) is 2.93. The van der Waals surface area contributed by atoms with Crippen LogP contribution in [0.15, 0.2) is 11.6 Å². The Labute approximate surface area is 61.6 Å². The first-order valence-electron chi connectivity index (χ1n) is 3.26. The zero-order valence-corrected chi connectivity index (χ0v) is 6.93. The molecule has 0 spiro atoms. The van der Waals surface area contributed by atoms with E-state index in [-0.39, 0.29) is 5.78 Å². The smallest absolute Gasteiger partial charge is 0.164 e. The molecule has 0 bridgehead atoms. The van der Waals surface area contributed by atoms with E-state index < -0.39 is 5.60 Å². The lowest BCUT2D eigenvalue weighted by Crippen LogP contribution is -2.30. The lowest BCUT2D eigenvalue weighted by Gasteiger charge is -2.14. The van der Waals surface area contributed by atoms with Crippen molar-refractivity contribution in [2.45, 2.75) is 33.3 Å². The van der Waals surface area contributed by atoms with Crippen LogP contribution in [-0.4, -0.2) is 16.5 Å². The highest BCUT2D eigenvalue weighted by atomic mass is 16.3. The van der Waals surface area contributed by atoms with Gasteiger partial charge in [-0.25, -0.2) is 0 Å². The van der Waals surface area contributed by atoms with Crippen molar-refractivity contribution in [3.63, 3.8) is 0 Å². The van der Waals surface area contributed by atoms with Crippen molar-refractivity contribution in [1.29, 1.82) is 0 Å². The maximum absolute atomic E-state index is 10.7. The third-order valence-electron chi connectivity index (χ3n) is 1.28. The summed E-state index contributed by atoms with van der Waals surface area (Å²) in [7, 11) is 0. The minimum Gasteiger partial charge on any atom is -0.378 e. The molecule has 0 aromatic heterocycles. The minimum atomic E-state index is -1.28.